The maximum absolute atomic E-state index is 6.53. The first-order chi connectivity index (χ1) is 8.41. The zero-order chi connectivity index (χ0) is 13.8. The van der Waals surface area contributed by atoms with Crippen molar-refractivity contribution in [2.45, 2.75) is 90.3 Å². The fourth-order valence-corrected chi connectivity index (χ4v) is 8.90. The first kappa shape index (κ1) is 15.8. The minimum atomic E-state index is -1.69. The molecule has 1 nitrogen and oxygen atoms in total. The molecule has 1 saturated carbocycles. The molecule has 0 atom stereocenters. The minimum absolute atomic E-state index is 0.679. The highest BCUT2D eigenvalue weighted by Gasteiger charge is 2.46. The molecule has 18 heavy (non-hydrogen) atoms. The van der Waals surface area contributed by atoms with Gasteiger partial charge in [-0.1, -0.05) is 48.0 Å². The molecule has 0 spiro atoms. The summed E-state index contributed by atoms with van der Waals surface area (Å²) in [5, 5.41) is 0. The van der Waals surface area contributed by atoms with Gasteiger partial charge in [-0.25, -0.2) is 0 Å². The van der Waals surface area contributed by atoms with Crippen LogP contribution in [0.1, 0.15) is 73.6 Å². The molecule has 1 aliphatic rings. The van der Waals surface area contributed by atoms with E-state index in [-0.39, 0.29) is 0 Å². The predicted molar refractivity (Wildman–Crippen MR) is 83.3 cm³/mol. The van der Waals surface area contributed by atoms with E-state index in [4.69, 9.17) is 4.43 Å². The molecule has 0 unspecified atom stereocenters. The third-order valence-corrected chi connectivity index (χ3v) is 10.6. The number of allylic oxidation sites excluding steroid dienone is 1. The Labute approximate surface area is 115 Å². The van der Waals surface area contributed by atoms with E-state index in [1.807, 2.05) is 0 Å². The molecule has 0 aromatic rings. The highest BCUT2D eigenvalue weighted by Crippen LogP contribution is 2.42. The third-order valence-electron chi connectivity index (χ3n) is 4.63. The van der Waals surface area contributed by atoms with Gasteiger partial charge >= 0.3 is 0 Å². The molecule has 0 aromatic carbocycles. The number of hydrogen-bond donors (Lipinski definition) is 0. The van der Waals surface area contributed by atoms with Gasteiger partial charge in [0.1, 0.15) is 0 Å². The summed E-state index contributed by atoms with van der Waals surface area (Å²) in [6, 6.07) is 0. The monoisotopic (exact) mass is 268 g/mol. The molecular weight excluding hydrogens is 236 g/mol. The average molecular weight is 269 g/mol. The molecular formula is C16H32OSi. The van der Waals surface area contributed by atoms with Crippen LogP contribution in [0.15, 0.2) is 11.8 Å². The van der Waals surface area contributed by atoms with E-state index < -0.39 is 8.32 Å². The Hall–Kier alpha value is -0.243. The maximum atomic E-state index is 6.53. The molecule has 1 fully saturated rings. The van der Waals surface area contributed by atoms with E-state index in [9.17, 15) is 0 Å². The molecule has 0 saturated heterocycles. The summed E-state index contributed by atoms with van der Waals surface area (Å²) in [6.45, 7) is 14.1. The Morgan fingerprint density at radius 2 is 1.28 bits per heavy atom. The van der Waals surface area contributed by atoms with Crippen LogP contribution < -0.4 is 0 Å². The second-order valence-corrected chi connectivity index (χ2v) is 12.2. The minimum Gasteiger partial charge on any atom is -0.548 e. The fraction of sp³-hybridized carbons (Fsp3) is 0.875. The summed E-state index contributed by atoms with van der Waals surface area (Å²) < 4.78 is 6.53. The van der Waals surface area contributed by atoms with Gasteiger partial charge in [0.2, 0.25) is 0 Å². The Bertz CT molecular complexity index is 249. The van der Waals surface area contributed by atoms with E-state index in [0.29, 0.717) is 16.6 Å². The third kappa shape index (κ3) is 3.40. The molecule has 0 amide bonds. The van der Waals surface area contributed by atoms with Gasteiger partial charge in [-0.05, 0) is 47.9 Å². The standard InChI is InChI=1S/C16H32OSi/c1-13(2)18(14(3)4,15(5)6)17-12-16-10-8-7-9-11-16/h12-15H,7-11H2,1-6H3. The molecule has 106 valence electrons. The van der Waals surface area contributed by atoms with Gasteiger partial charge in [0, 0.05) is 0 Å². The topological polar surface area (TPSA) is 9.23 Å². The summed E-state index contributed by atoms with van der Waals surface area (Å²) in [5.41, 5.74) is 3.59. The van der Waals surface area contributed by atoms with Crippen LogP contribution in [-0.4, -0.2) is 8.32 Å². The van der Waals surface area contributed by atoms with Crippen molar-refractivity contribution in [1.29, 1.82) is 0 Å². The van der Waals surface area contributed by atoms with Crippen LogP contribution in [0.2, 0.25) is 16.6 Å². The highest BCUT2D eigenvalue weighted by molar-refractivity contribution is 6.77. The lowest BCUT2D eigenvalue weighted by Crippen LogP contribution is -2.46. The lowest BCUT2D eigenvalue weighted by Gasteiger charge is -2.41. The van der Waals surface area contributed by atoms with Crippen LogP contribution in [0, 0.1) is 0 Å². The van der Waals surface area contributed by atoms with Crippen LogP contribution >= 0.6 is 0 Å². The number of hydrogen-bond acceptors (Lipinski definition) is 1. The van der Waals surface area contributed by atoms with Gasteiger partial charge in [0.15, 0.2) is 0 Å². The summed E-state index contributed by atoms with van der Waals surface area (Å²) in [4.78, 5) is 0. The Morgan fingerprint density at radius 3 is 1.67 bits per heavy atom. The molecule has 0 N–H and O–H groups in total. The van der Waals surface area contributed by atoms with E-state index in [1.54, 1.807) is 5.57 Å². The quantitative estimate of drug-likeness (QED) is 0.437. The molecule has 0 aliphatic heterocycles. The lowest BCUT2D eigenvalue weighted by molar-refractivity contribution is 0.403. The summed E-state index contributed by atoms with van der Waals surface area (Å²) in [6.07, 6.45) is 8.81. The molecule has 2 heteroatoms. The lowest BCUT2D eigenvalue weighted by atomic mass is 9.96. The van der Waals surface area contributed by atoms with Gasteiger partial charge in [0.05, 0.1) is 6.26 Å². The second kappa shape index (κ2) is 6.79. The van der Waals surface area contributed by atoms with Crippen molar-refractivity contribution in [3.05, 3.63) is 11.8 Å². The zero-order valence-corrected chi connectivity index (χ0v) is 14.3. The summed E-state index contributed by atoms with van der Waals surface area (Å²) in [5.74, 6) is 0. The maximum Gasteiger partial charge on any atom is 0.257 e. The van der Waals surface area contributed by atoms with Crippen LogP contribution in [0.3, 0.4) is 0 Å². The zero-order valence-electron chi connectivity index (χ0n) is 13.3. The van der Waals surface area contributed by atoms with Gasteiger partial charge in [0.25, 0.3) is 8.32 Å². The molecule has 0 aromatic heterocycles. The van der Waals surface area contributed by atoms with Crippen LogP contribution in [0.4, 0.5) is 0 Å². The Kier molecular flexibility index (Phi) is 5.96. The van der Waals surface area contributed by atoms with E-state index in [1.165, 1.54) is 32.1 Å². The molecule has 0 heterocycles. The predicted octanol–water partition coefficient (Wildman–Crippen LogP) is 6.03. The molecule has 0 radical (unpaired) electrons. The van der Waals surface area contributed by atoms with E-state index >= 15 is 0 Å². The first-order valence-electron chi connectivity index (χ1n) is 7.77. The largest absolute Gasteiger partial charge is 0.548 e. The van der Waals surface area contributed by atoms with Crippen molar-refractivity contribution in [1.82, 2.24) is 0 Å². The number of rotatable bonds is 5. The normalized spacial score (nSPS) is 17.7. The van der Waals surface area contributed by atoms with Crippen LogP contribution in [0.25, 0.3) is 0 Å². The molecule has 0 bridgehead atoms. The average Bonchev–Trinajstić information content (AvgIpc) is 2.29. The van der Waals surface area contributed by atoms with Crippen molar-refractivity contribution >= 4 is 8.32 Å². The summed E-state index contributed by atoms with van der Waals surface area (Å²) in [7, 11) is -1.69. The van der Waals surface area contributed by atoms with Crippen molar-refractivity contribution in [3.63, 3.8) is 0 Å². The van der Waals surface area contributed by atoms with Crippen molar-refractivity contribution in [2.24, 2.45) is 0 Å². The van der Waals surface area contributed by atoms with Gasteiger partial charge in [-0.2, -0.15) is 0 Å². The summed E-state index contributed by atoms with van der Waals surface area (Å²) >= 11 is 0. The Balaban J connectivity index is 2.83. The van der Waals surface area contributed by atoms with Gasteiger partial charge < -0.3 is 4.43 Å². The van der Waals surface area contributed by atoms with Crippen molar-refractivity contribution < 1.29 is 4.43 Å². The Morgan fingerprint density at radius 1 is 0.833 bits per heavy atom. The van der Waals surface area contributed by atoms with Crippen molar-refractivity contribution in [3.8, 4) is 0 Å². The highest BCUT2D eigenvalue weighted by atomic mass is 28.4. The van der Waals surface area contributed by atoms with Gasteiger partial charge in [-0.3, -0.25) is 0 Å². The van der Waals surface area contributed by atoms with E-state index in [0.717, 1.165) is 0 Å². The van der Waals surface area contributed by atoms with E-state index in [2.05, 4.69) is 47.8 Å². The smallest absolute Gasteiger partial charge is 0.257 e. The first-order valence-corrected chi connectivity index (χ1v) is 9.91. The van der Waals surface area contributed by atoms with Crippen LogP contribution in [-0.2, 0) is 4.43 Å². The second-order valence-electron chi connectivity index (χ2n) is 6.77. The van der Waals surface area contributed by atoms with Gasteiger partial charge in [-0.15, -0.1) is 0 Å². The molecule has 1 aliphatic carbocycles. The fourth-order valence-electron chi connectivity index (χ4n) is 3.72. The van der Waals surface area contributed by atoms with Crippen molar-refractivity contribution in [2.75, 3.05) is 0 Å². The van der Waals surface area contributed by atoms with Crippen LogP contribution in [0.5, 0.6) is 0 Å². The molecule has 1 rings (SSSR count). The SMILES string of the molecule is CC(C)[Si](OC=C1CCCCC1)(C(C)C)C(C)C.